The lowest BCUT2D eigenvalue weighted by molar-refractivity contribution is -0.124. The van der Waals surface area contributed by atoms with Crippen LogP contribution >= 0.6 is 34.7 Å². The van der Waals surface area contributed by atoms with Gasteiger partial charge in [0.05, 0.1) is 14.2 Å². The van der Waals surface area contributed by atoms with E-state index in [2.05, 4.69) is 9.69 Å². The summed E-state index contributed by atoms with van der Waals surface area (Å²) in [5, 5.41) is 2.68. The topological polar surface area (TPSA) is 86.8 Å². The molecule has 1 aromatic carbocycles. The van der Waals surface area contributed by atoms with Gasteiger partial charge in [-0.15, -0.1) is 0 Å². The molecule has 2 rings (SSSR count). The zero-order valence-corrected chi connectivity index (χ0v) is 16.3. The number of methoxy groups -OCH3 is 2. The number of esters is 1. The molecule has 0 aliphatic rings. The van der Waals surface area contributed by atoms with Crippen molar-refractivity contribution < 1.29 is 23.8 Å². The fourth-order valence-electron chi connectivity index (χ4n) is 2.02. The van der Waals surface area contributed by atoms with Gasteiger partial charge in [0.2, 0.25) is 0 Å². The second-order valence-electron chi connectivity index (χ2n) is 4.98. The summed E-state index contributed by atoms with van der Waals surface area (Å²) in [6.07, 6.45) is 0.577. The van der Waals surface area contributed by atoms with E-state index in [1.807, 2.05) is 12.1 Å². The molecule has 0 radical (unpaired) electrons. The summed E-state index contributed by atoms with van der Waals surface area (Å²) in [7, 11) is 3.12. The van der Waals surface area contributed by atoms with Crippen LogP contribution in [0.25, 0.3) is 0 Å². The summed E-state index contributed by atoms with van der Waals surface area (Å²) >= 11 is 12.4. The number of nitrogens with one attached hydrogen (secondary N) is 1. The second-order valence-corrected chi connectivity index (χ2v) is 6.74. The molecule has 1 heterocycles. The minimum absolute atomic E-state index is 0.0236. The molecule has 0 bridgehead atoms. The van der Waals surface area contributed by atoms with E-state index >= 15 is 0 Å². The van der Waals surface area contributed by atoms with Crippen molar-refractivity contribution in [1.29, 1.82) is 0 Å². The zero-order chi connectivity index (χ0) is 19.1. The van der Waals surface area contributed by atoms with Crippen LogP contribution < -0.4 is 14.8 Å². The molecule has 2 aromatic rings. The molecular weight excluding hydrogens is 403 g/mol. The summed E-state index contributed by atoms with van der Waals surface area (Å²) in [6, 6.07) is 5.50. The summed E-state index contributed by atoms with van der Waals surface area (Å²) in [4.78, 5) is 23.6. The van der Waals surface area contributed by atoms with Gasteiger partial charge in [-0.1, -0.05) is 29.3 Å². The maximum atomic E-state index is 11.8. The summed E-state index contributed by atoms with van der Waals surface area (Å²) in [5.41, 5.74) is 0.864. The number of halogens is 2. The Morgan fingerprint density at radius 3 is 2.54 bits per heavy atom. The van der Waals surface area contributed by atoms with Crippen molar-refractivity contribution >= 4 is 46.6 Å². The summed E-state index contributed by atoms with van der Waals surface area (Å²) in [5.74, 6) is 0.0153. The number of hydrogen-bond donors (Lipinski definition) is 1. The van der Waals surface area contributed by atoms with Gasteiger partial charge in [-0.3, -0.25) is 4.79 Å². The number of nitrogens with zero attached hydrogens (tertiary/aromatic N) is 1. The van der Waals surface area contributed by atoms with Crippen LogP contribution in [-0.4, -0.2) is 43.6 Å². The van der Waals surface area contributed by atoms with Crippen molar-refractivity contribution in [3.05, 3.63) is 38.8 Å². The van der Waals surface area contributed by atoms with E-state index in [9.17, 15) is 9.59 Å². The maximum Gasteiger partial charge on any atom is 0.360 e. The number of amides is 1. The highest BCUT2D eigenvalue weighted by Gasteiger charge is 2.19. The van der Waals surface area contributed by atoms with Crippen LogP contribution in [-0.2, 0) is 16.0 Å². The van der Waals surface area contributed by atoms with Gasteiger partial charge in [-0.2, -0.15) is 4.37 Å². The Hall–Kier alpha value is -2.03. The van der Waals surface area contributed by atoms with Gasteiger partial charge in [0.25, 0.3) is 5.91 Å². The Morgan fingerprint density at radius 2 is 1.92 bits per heavy atom. The average molecular weight is 419 g/mol. The fourth-order valence-corrected chi connectivity index (χ4v) is 3.00. The van der Waals surface area contributed by atoms with E-state index < -0.39 is 18.5 Å². The van der Waals surface area contributed by atoms with Crippen LogP contribution in [0.3, 0.4) is 0 Å². The van der Waals surface area contributed by atoms with Crippen molar-refractivity contribution in [3.8, 4) is 11.5 Å². The number of ether oxygens (including phenoxy) is 3. The molecule has 0 saturated carbocycles. The van der Waals surface area contributed by atoms with E-state index in [1.165, 1.54) is 0 Å². The fraction of sp³-hybridized carbons (Fsp3) is 0.312. The lowest BCUT2D eigenvalue weighted by Crippen LogP contribution is -2.30. The highest BCUT2D eigenvalue weighted by molar-refractivity contribution is 7.11. The van der Waals surface area contributed by atoms with Crippen LogP contribution in [0.2, 0.25) is 9.36 Å². The molecule has 1 amide bonds. The van der Waals surface area contributed by atoms with E-state index in [-0.39, 0.29) is 15.1 Å². The van der Waals surface area contributed by atoms with E-state index in [1.54, 1.807) is 20.3 Å². The van der Waals surface area contributed by atoms with Crippen molar-refractivity contribution in [3.63, 3.8) is 0 Å². The maximum absolute atomic E-state index is 11.8. The highest BCUT2D eigenvalue weighted by Crippen LogP contribution is 2.30. The molecule has 10 heteroatoms. The molecule has 0 aliphatic carbocycles. The third-order valence-electron chi connectivity index (χ3n) is 3.31. The van der Waals surface area contributed by atoms with Crippen LogP contribution in [0, 0.1) is 0 Å². The Kier molecular flexibility index (Phi) is 7.50. The smallest absolute Gasteiger partial charge is 0.360 e. The third kappa shape index (κ3) is 5.23. The lowest BCUT2D eigenvalue weighted by Gasteiger charge is -2.10. The van der Waals surface area contributed by atoms with Gasteiger partial charge < -0.3 is 19.5 Å². The zero-order valence-electron chi connectivity index (χ0n) is 14.0. The van der Waals surface area contributed by atoms with Gasteiger partial charge in [-0.25, -0.2) is 4.79 Å². The minimum atomic E-state index is -0.798. The molecule has 0 saturated heterocycles. The van der Waals surface area contributed by atoms with Crippen molar-refractivity contribution in [1.82, 2.24) is 9.69 Å². The minimum Gasteiger partial charge on any atom is -0.493 e. The van der Waals surface area contributed by atoms with Crippen molar-refractivity contribution in [2.45, 2.75) is 6.42 Å². The van der Waals surface area contributed by atoms with Gasteiger partial charge in [0, 0.05) is 6.54 Å². The molecule has 1 N–H and O–H groups in total. The Labute approximate surface area is 164 Å². The van der Waals surface area contributed by atoms with E-state index in [4.69, 9.17) is 37.4 Å². The lowest BCUT2D eigenvalue weighted by atomic mass is 10.1. The molecule has 26 heavy (non-hydrogen) atoms. The van der Waals surface area contributed by atoms with Crippen molar-refractivity contribution in [2.24, 2.45) is 0 Å². The third-order valence-corrected chi connectivity index (χ3v) is 4.92. The summed E-state index contributed by atoms with van der Waals surface area (Å²) in [6.45, 7) is -0.0641. The molecule has 1 aromatic heterocycles. The van der Waals surface area contributed by atoms with Gasteiger partial charge in [-0.05, 0) is 35.6 Å². The predicted molar refractivity (Wildman–Crippen MR) is 98.7 cm³/mol. The molecule has 0 unspecified atom stereocenters. The van der Waals surface area contributed by atoms with Crippen molar-refractivity contribution in [2.75, 3.05) is 27.4 Å². The molecule has 7 nitrogen and oxygen atoms in total. The molecule has 140 valence electrons. The number of carbonyl (C=O) groups excluding carboxylic acids is 2. The van der Waals surface area contributed by atoms with Gasteiger partial charge >= 0.3 is 5.97 Å². The molecule has 0 fully saturated rings. The van der Waals surface area contributed by atoms with E-state index in [0.717, 1.165) is 17.1 Å². The monoisotopic (exact) mass is 418 g/mol. The first-order chi connectivity index (χ1) is 12.5. The van der Waals surface area contributed by atoms with Crippen LogP contribution in [0.5, 0.6) is 11.5 Å². The van der Waals surface area contributed by atoms with Crippen LogP contribution in [0.15, 0.2) is 18.2 Å². The number of benzene rings is 1. The van der Waals surface area contributed by atoms with Gasteiger partial charge in [0.15, 0.2) is 23.8 Å². The van der Waals surface area contributed by atoms with Crippen LogP contribution in [0.1, 0.15) is 16.1 Å². The SMILES string of the molecule is COc1ccc(CCNC(=O)COC(=O)c2nsc(Cl)c2Cl)cc1OC. The number of hydrogen-bond acceptors (Lipinski definition) is 7. The predicted octanol–water partition coefficient (Wildman–Crippen LogP) is 2.98. The second kappa shape index (κ2) is 9.61. The molecule has 0 aliphatic heterocycles. The Morgan fingerprint density at radius 1 is 1.19 bits per heavy atom. The molecular formula is C16H16Cl2N2O5S. The number of carbonyl (C=O) groups is 2. The molecule has 0 spiro atoms. The van der Waals surface area contributed by atoms with Gasteiger partial charge in [0.1, 0.15) is 9.36 Å². The number of aromatic nitrogens is 1. The standard InChI is InChI=1S/C16H16Cl2N2O5S/c1-23-10-4-3-9(7-11(10)24-2)5-6-19-12(21)8-25-16(22)14-13(17)15(18)26-20-14/h3-4,7H,5-6,8H2,1-2H3,(H,19,21). The Bertz CT molecular complexity index is 797. The largest absolute Gasteiger partial charge is 0.493 e. The highest BCUT2D eigenvalue weighted by atomic mass is 35.5. The summed E-state index contributed by atoms with van der Waals surface area (Å²) < 4.78 is 19.2. The molecule has 0 atom stereocenters. The first kappa shape index (κ1) is 20.3. The normalized spacial score (nSPS) is 10.3. The van der Waals surface area contributed by atoms with Crippen LogP contribution in [0.4, 0.5) is 0 Å². The first-order valence-corrected chi connectivity index (χ1v) is 8.94. The Balaban J connectivity index is 1.77. The average Bonchev–Trinajstić information content (AvgIpc) is 2.98. The number of rotatable bonds is 8. The van der Waals surface area contributed by atoms with E-state index in [0.29, 0.717) is 24.5 Å². The quantitative estimate of drug-likeness (QED) is 0.663. The first-order valence-electron chi connectivity index (χ1n) is 7.41.